The van der Waals surface area contributed by atoms with E-state index in [1.165, 1.54) is 17.2 Å². The standard InChI is InChI=1S/C27H23F3N10O/c1-38-12-19(27(28,29)30)35-23(38)17-5-3-15(4-6-17)10-39-22-18(9-31-13-33-22)11-40-24(36-37-26(39)40)20-21(16-7-8-16)32-14-34-25(20)41-2/h3-6,9,12-14,16H,7-8,10-11H2,1-2H3. The molecule has 0 N–H and O–H groups in total. The Morgan fingerprint density at radius 1 is 1.00 bits per heavy atom. The molecule has 7 rings (SSSR count). The minimum Gasteiger partial charge on any atom is -0.480 e. The van der Waals surface area contributed by atoms with Crippen LogP contribution < -0.4 is 9.64 Å². The van der Waals surface area contributed by atoms with Crippen LogP contribution >= 0.6 is 0 Å². The predicted octanol–water partition coefficient (Wildman–Crippen LogP) is 4.53. The molecule has 1 aromatic carbocycles. The van der Waals surface area contributed by atoms with Crippen LogP contribution in [0, 0.1) is 0 Å². The summed E-state index contributed by atoms with van der Waals surface area (Å²) in [6.45, 7) is 0.834. The highest BCUT2D eigenvalue weighted by atomic mass is 19.4. The third-order valence-corrected chi connectivity index (χ3v) is 7.26. The number of aromatic nitrogens is 9. The molecular weight excluding hydrogens is 537 g/mol. The average molecular weight is 561 g/mol. The van der Waals surface area contributed by atoms with E-state index in [0.717, 1.165) is 41.4 Å². The number of aryl methyl sites for hydroxylation is 1. The zero-order valence-corrected chi connectivity index (χ0v) is 22.0. The van der Waals surface area contributed by atoms with Gasteiger partial charge in [-0.25, -0.2) is 24.9 Å². The van der Waals surface area contributed by atoms with Crippen LogP contribution in [0.4, 0.5) is 24.9 Å². The van der Waals surface area contributed by atoms with Crippen molar-refractivity contribution in [2.24, 2.45) is 7.05 Å². The van der Waals surface area contributed by atoms with E-state index in [1.807, 2.05) is 21.6 Å². The van der Waals surface area contributed by atoms with Crippen LogP contribution in [0.1, 0.15) is 41.3 Å². The number of methoxy groups -OCH3 is 1. The summed E-state index contributed by atoms with van der Waals surface area (Å²) in [5.74, 6) is 2.89. The summed E-state index contributed by atoms with van der Waals surface area (Å²) >= 11 is 0. The first-order valence-electron chi connectivity index (χ1n) is 12.9. The van der Waals surface area contributed by atoms with Crippen LogP contribution in [-0.2, 0) is 26.3 Å². The minimum absolute atomic E-state index is 0.231. The molecule has 0 bridgehead atoms. The van der Waals surface area contributed by atoms with E-state index in [9.17, 15) is 13.2 Å². The minimum atomic E-state index is -4.51. The van der Waals surface area contributed by atoms with E-state index in [0.29, 0.717) is 48.0 Å². The third kappa shape index (κ3) is 4.35. The molecule has 1 fully saturated rings. The van der Waals surface area contributed by atoms with Gasteiger partial charge < -0.3 is 9.30 Å². The number of hydrogen-bond acceptors (Lipinski definition) is 9. The van der Waals surface area contributed by atoms with E-state index in [4.69, 9.17) is 4.74 Å². The van der Waals surface area contributed by atoms with Gasteiger partial charge in [-0.1, -0.05) is 24.3 Å². The molecular formula is C27H23F3N10O. The maximum atomic E-state index is 13.2. The van der Waals surface area contributed by atoms with Crippen molar-refractivity contribution < 1.29 is 17.9 Å². The second-order valence-electron chi connectivity index (χ2n) is 10.0. The number of imidazole rings is 1. The highest BCUT2D eigenvalue weighted by molar-refractivity contribution is 5.71. The number of rotatable bonds is 6. The van der Waals surface area contributed by atoms with E-state index in [1.54, 1.807) is 32.5 Å². The molecule has 0 saturated heterocycles. The summed E-state index contributed by atoms with van der Waals surface area (Å²) in [7, 11) is 3.12. The highest BCUT2D eigenvalue weighted by Gasteiger charge is 2.36. The molecule has 2 aliphatic rings. The van der Waals surface area contributed by atoms with Crippen LogP contribution in [0.3, 0.4) is 0 Å². The van der Waals surface area contributed by atoms with Crippen LogP contribution in [0.15, 0.2) is 49.3 Å². The number of halogens is 3. The molecule has 41 heavy (non-hydrogen) atoms. The Balaban J connectivity index is 1.25. The van der Waals surface area contributed by atoms with Gasteiger partial charge >= 0.3 is 6.18 Å². The second kappa shape index (κ2) is 9.35. The van der Waals surface area contributed by atoms with Crippen molar-refractivity contribution in [1.82, 2.24) is 44.3 Å². The smallest absolute Gasteiger partial charge is 0.434 e. The van der Waals surface area contributed by atoms with Crippen LogP contribution in [0.2, 0.25) is 0 Å². The monoisotopic (exact) mass is 560 g/mol. The van der Waals surface area contributed by atoms with Gasteiger partial charge in [0.2, 0.25) is 11.8 Å². The molecule has 0 atom stereocenters. The van der Waals surface area contributed by atoms with Crippen LogP contribution in [0.25, 0.3) is 22.8 Å². The van der Waals surface area contributed by atoms with Gasteiger partial charge in [-0.05, 0) is 18.4 Å². The quantitative estimate of drug-likeness (QED) is 0.296. The molecule has 1 aliphatic carbocycles. The number of hydrogen-bond donors (Lipinski definition) is 0. The lowest BCUT2D eigenvalue weighted by Crippen LogP contribution is -2.28. The first kappa shape index (κ1) is 25.1. The Labute approximate surface area is 231 Å². The molecule has 5 aromatic rings. The van der Waals surface area contributed by atoms with Gasteiger partial charge in [-0.2, -0.15) is 13.2 Å². The maximum absolute atomic E-state index is 13.2. The Morgan fingerprint density at radius 3 is 2.51 bits per heavy atom. The molecule has 5 heterocycles. The van der Waals surface area contributed by atoms with E-state index in [2.05, 4.69) is 35.1 Å². The van der Waals surface area contributed by atoms with Crippen LogP contribution in [-0.4, -0.2) is 51.4 Å². The van der Waals surface area contributed by atoms with Gasteiger partial charge in [0.15, 0.2) is 11.5 Å². The summed E-state index contributed by atoms with van der Waals surface area (Å²) in [6.07, 6.45) is 3.33. The van der Waals surface area contributed by atoms with Gasteiger partial charge in [0.25, 0.3) is 0 Å². The van der Waals surface area contributed by atoms with Crippen LogP contribution in [0.5, 0.6) is 5.88 Å². The van der Waals surface area contributed by atoms with Crippen molar-refractivity contribution in [2.75, 3.05) is 12.0 Å². The third-order valence-electron chi connectivity index (χ3n) is 7.26. The van der Waals surface area contributed by atoms with Gasteiger partial charge in [-0.3, -0.25) is 9.47 Å². The Hall–Kier alpha value is -4.88. The average Bonchev–Trinajstić information content (AvgIpc) is 3.61. The largest absolute Gasteiger partial charge is 0.480 e. The van der Waals surface area contributed by atoms with Crippen molar-refractivity contribution in [3.8, 4) is 28.7 Å². The van der Waals surface area contributed by atoms with Gasteiger partial charge in [0.1, 0.15) is 29.9 Å². The summed E-state index contributed by atoms with van der Waals surface area (Å²) in [5.41, 5.74) is 3.04. The fraction of sp³-hybridized carbons (Fsp3) is 0.296. The first-order chi connectivity index (χ1) is 19.8. The number of alkyl halides is 3. The maximum Gasteiger partial charge on any atom is 0.434 e. The first-order valence-corrected chi connectivity index (χ1v) is 12.9. The molecule has 1 aliphatic heterocycles. The number of benzene rings is 1. The van der Waals surface area contributed by atoms with E-state index in [-0.39, 0.29) is 5.82 Å². The van der Waals surface area contributed by atoms with Crippen molar-refractivity contribution in [1.29, 1.82) is 0 Å². The lowest BCUT2D eigenvalue weighted by molar-refractivity contribution is -0.140. The van der Waals surface area contributed by atoms with E-state index < -0.39 is 11.9 Å². The lowest BCUT2D eigenvalue weighted by atomic mass is 10.1. The molecule has 1 saturated carbocycles. The Bertz CT molecular complexity index is 1760. The van der Waals surface area contributed by atoms with Gasteiger partial charge in [-0.15, -0.1) is 10.2 Å². The molecule has 0 unspecified atom stereocenters. The fourth-order valence-corrected chi connectivity index (χ4v) is 5.17. The van der Waals surface area contributed by atoms with Crippen molar-refractivity contribution in [3.05, 3.63) is 71.8 Å². The zero-order valence-electron chi connectivity index (χ0n) is 22.0. The summed E-state index contributed by atoms with van der Waals surface area (Å²) in [4.78, 5) is 23.4. The zero-order chi connectivity index (χ0) is 28.3. The number of nitrogens with zero attached hydrogens (tertiary/aromatic N) is 10. The topological polar surface area (TPSA) is 113 Å². The highest BCUT2D eigenvalue weighted by Crippen LogP contribution is 2.46. The van der Waals surface area contributed by atoms with Gasteiger partial charge in [0.05, 0.1) is 25.9 Å². The summed E-state index contributed by atoms with van der Waals surface area (Å²) in [6, 6.07) is 7.22. The summed E-state index contributed by atoms with van der Waals surface area (Å²) < 4.78 is 48.5. The van der Waals surface area contributed by atoms with Gasteiger partial charge in [0, 0.05) is 36.5 Å². The fourth-order valence-electron chi connectivity index (χ4n) is 5.17. The summed E-state index contributed by atoms with van der Waals surface area (Å²) in [5, 5.41) is 9.12. The van der Waals surface area contributed by atoms with Crippen molar-refractivity contribution in [2.45, 2.75) is 38.0 Å². The van der Waals surface area contributed by atoms with Crippen molar-refractivity contribution in [3.63, 3.8) is 0 Å². The molecule has 0 spiro atoms. The van der Waals surface area contributed by atoms with Crippen molar-refractivity contribution >= 4 is 11.8 Å². The molecule has 208 valence electrons. The number of ether oxygens (including phenoxy) is 1. The normalized spacial score (nSPS) is 14.6. The number of anilines is 2. The Kier molecular flexibility index (Phi) is 5.73. The number of fused-ring (bicyclic) bond motifs is 2. The molecule has 14 heteroatoms. The molecule has 4 aromatic heterocycles. The SMILES string of the molecule is COc1ncnc(C2CC2)c1-c1nnc2n1Cc1cncnc1N2Cc1ccc(-c2nc(C(F)(F)F)cn2C)cc1. The molecule has 0 amide bonds. The molecule has 11 nitrogen and oxygen atoms in total. The predicted molar refractivity (Wildman–Crippen MR) is 140 cm³/mol. The Morgan fingerprint density at radius 2 is 1.80 bits per heavy atom. The lowest BCUT2D eigenvalue weighted by Gasteiger charge is -2.30. The van der Waals surface area contributed by atoms with E-state index >= 15 is 0 Å². The second-order valence-corrected chi connectivity index (χ2v) is 10.0. The molecule has 0 radical (unpaired) electrons.